The Morgan fingerprint density at radius 3 is 1.58 bits per heavy atom. The van der Waals surface area contributed by atoms with Crippen LogP contribution in [-0.4, -0.2) is 76.7 Å². The molecule has 12 heteroatoms. The van der Waals surface area contributed by atoms with E-state index in [0.717, 1.165) is 64.0 Å². The highest BCUT2D eigenvalue weighted by atomic mass is 19.3. The number of nitriles is 2. The molecule has 3 fully saturated rings. The zero-order chi connectivity index (χ0) is 34.3. The Morgan fingerprint density at radius 1 is 0.708 bits per heavy atom. The minimum absolute atomic E-state index is 0.0192. The van der Waals surface area contributed by atoms with Crippen LogP contribution in [0.3, 0.4) is 0 Å². The van der Waals surface area contributed by atoms with E-state index in [0.29, 0.717) is 35.1 Å². The van der Waals surface area contributed by atoms with E-state index in [1.54, 1.807) is 4.90 Å². The predicted molar refractivity (Wildman–Crippen MR) is 169 cm³/mol. The standard InChI is InChI=1S/C21H24F3N3O.C15H16FN3O/c1-13-18-11-15(22)10-14(12-25)19(18)20(28)27(13)17-4-8-26(9-5-17)16-2-6-21(23,24)7-3-16;1-9-13-7-11(16)6-10(8-17)14(13)15(20)19(9)12-2-4-18-5-3-12/h10-11,13,16-17H,2-9H2,1H3;6-7,9,12,18H,2-5H2,1H3. The molecule has 2 unspecified atom stereocenters. The average molecular weight is 665 g/mol. The lowest BCUT2D eigenvalue weighted by Gasteiger charge is -2.43. The number of hydrogen-bond donors (Lipinski definition) is 1. The van der Waals surface area contributed by atoms with Crippen molar-refractivity contribution in [1.29, 1.82) is 10.5 Å². The topological polar surface area (TPSA) is 103 Å². The van der Waals surface area contributed by atoms with Crippen LogP contribution in [0.5, 0.6) is 0 Å². The van der Waals surface area contributed by atoms with Crippen molar-refractivity contribution in [2.75, 3.05) is 26.2 Å². The molecule has 0 aromatic heterocycles. The lowest BCUT2D eigenvalue weighted by atomic mass is 9.89. The van der Waals surface area contributed by atoms with Gasteiger partial charge in [-0.15, -0.1) is 0 Å². The number of hydrogen-bond acceptors (Lipinski definition) is 6. The van der Waals surface area contributed by atoms with Crippen molar-refractivity contribution in [3.8, 4) is 12.1 Å². The quantitative estimate of drug-likeness (QED) is 0.391. The monoisotopic (exact) mass is 664 g/mol. The number of carbonyl (C=O) groups is 2. The first-order valence-corrected chi connectivity index (χ1v) is 16.9. The molecule has 48 heavy (non-hydrogen) atoms. The number of halogens is 4. The maximum absolute atomic E-state index is 13.8. The largest absolute Gasteiger partial charge is 0.329 e. The van der Waals surface area contributed by atoms with Gasteiger partial charge in [0.05, 0.1) is 34.3 Å². The Morgan fingerprint density at radius 2 is 1.15 bits per heavy atom. The van der Waals surface area contributed by atoms with Crippen molar-refractivity contribution in [1.82, 2.24) is 20.0 Å². The third kappa shape index (κ3) is 6.28. The van der Waals surface area contributed by atoms with E-state index in [1.165, 1.54) is 12.1 Å². The van der Waals surface area contributed by atoms with Crippen LogP contribution in [0.15, 0.2) is 24.3 Å². The van der Waals surface area contributed by atoms with E-state index in [4.69, 9.17) is 5.26 Å². The Balaban J connectivity index is 0.000000177. The third-order valence-electron chi connectivity index (χ3n) is 10.9. The zero-order valence-corrected chi connectivity index (χ0v) is 27.2. The van der Waals surface area contributed by atoms with E-state index in [1.807, 2.05) is 30.9 Å². The van der Waals surface area contributed by atoms with E-state index in [-0.39, 0.29) is 66.0 Å². The van der Waals surface area contributed by atoms with Gasteiger partial charge in [0.15, 0.2) is 0 Å². The summed E-state index contributed by atoms with van der Waals surface area (Å²) >= 11 is 0. The molecule has 4 aliphatic heterocycles. The van der Waals surface area contributed by atoms with Crippen LogP contribution in [0, 0.1) is 34.3 Å². The highest BCUT2D eigenvalue weighted by Crippen LogP contribution is 2.41. The number of amides is 2. The van der Waals surface area contributed by atoms with Gasteiger partial charge < -0.3 is 20.0 Å². The van der Waals surface area contributed by atoms with Crippen LogP contribution in [0.4, 0.5) is 17.6 Å². The molecule has 7 rings (SSSR count). The van der Waals surface area contributed by atoms with Gasteiger partial charge >= 0.3 is 0 Å². The molecule has 1 aliphatic carbocycles. The molecule has 254 valence electrons. The van der Waals surface area contributed by atoms with Gasteiger partial charge in [0.1, 0.15) is 23.8 Å². The number of nitrogens with one attached hydrogen (secondary N) is 1. The fourth-order valence-corrected chi connectivity index (χ4v) is 8.45. The molecular weight excluding hydrogens is 624 g/mol. The second-order valence-electron chi connectivity index (χ2n) is 13.7. The van der Waals surface area contributed by atoms with Crippen LogP contribution in [-0.2, 0) is 0 Å². The molecule has 4 heterocycles. The van der Waals surface area contributed by atoms with E-state index in [9.17, 15) is 32.4 Å². The second-order valence-corrected chi connectivity index (χ2v) is 13.7. The third-order valence-corrected chi connectivity index (χ3v) is 10.9. The predicted octanol–water partition coefficient (Wildman–Crippen LogP) is 6.22. The number of rotatable bonds is 3. The number of nitrogens with zero attached hydrogens (tertiary/aromatic N) is 5. The summed E-state index contributed by atoms with van der Waals surface area (Å²) in [6, 6.07) is 8.85. The fourth-order valence-electron chi connectivity index (χ4n) is 8.45. The highest BCUT2D eigenvalue weighted by Gasteiger charge is 2.44. The van der Waals surface area contributed by atoms with Gasteiger partial charge in [0, 0.05) is 44.1 Å². The van der Waals surface area contributed by atoms with Gasteiger partial charge in [-0.25, -0.2) is 17.6 Å². The first-order valence-electron chi connectivity index (χ1n) is 16.9. The molecule has 2 aromatic carbocycles. The minimum atomic E-state index is -2.52. The zero-order valence-electron chi connectivity index (χ0n) is 27.2. The molecule has 0 spiro atoms. The fraction of sp³-hybridized carbons (Fsp3) is 0.556. The summed E-state index contributed by atoms with van der Waals surface area (Å²) in [5.41, 5.74) is 2.18. The minimum Gasteiger partial charge on any atom is -0.329 e. The van der Waals surface area contributed by atoms with Gasteiger partial charge in [0.25, 0.3) is 11.8 Å². The van der Waals surface area contributed by atoms with E-state index < -0.39 is 17.6 Å². The molecule has 8 nitrogen and oxygen atoms in total. The Kier molecular flexibility index (Phi) is 9.52. The van der Waals surface area contributed by atoms with Crippen molar-refractivity contribution >= 4 is 11.8 Å². The average Bonchev–Trinajstić information content (AvgIpc) is 3.48. The van der Waals surface area contributed by atoms with Crippen molar-refractivity contribution < 1.29 is 27.2 Å². The second kappa shape index (κ2) is 13.5. The molecule has 2 saturated heterocycles. The SMILES string of the molecule is CC1c2cc(F)cc(C#N)c2C(=O)N1C1CCN(C2CCC(F)(F)CC2)CC1.CC1c2cc(F)cc(C#N)c2C(=O)N1C1CCNCC1. The number of likely N-dealkylation sites (tertiary alicyclic amines) is 1. The van der Waals surface area contributed by atoms with Gasteiger partial charge in [-0.1, -0.05) is 0 Å². The van der Waals surface area contributed by atoms with Crippen molar-refractivity contribution in [2.24, 2.45) is 0 Å². The van der Waals surface area contributed by atoms with Gasteiger partial charge in [-0.3, -0.25) is 9.59 Å². The van der Waals surface area contributed by atoms with Crippen LogP contribution < -0.4 is 5.32 Å². The van der Waals surface area contributed by atoms with E-state index in [2.05, 4.69) is 10.2 Å². The summed E-state index contributed by atoms with van der Waals surface area (Å²) in [4.78, 5) is 31.5. The summed E-state index contributed by atoms with van der Waals surface area (Å²) in [6.45, 7) is 7.10. The molecule has 2 amide bonds. The Labute approximate surface area is 278 Å². The van der Waals surface area contributed by atoms with Gasteiger partial charge in [-0.05, 0) is 101 Å². The van der Waals surface area contributed by atoms with Crippen LogP contribution in [0.2, 0.25) is 0 Å². The van der Waals surface area contributed by atoms with Crippen molar-refractivity contribution in [3.05, 3.63) is 69.3 Å². The molecule has 0 bridgehead atoms. The number of carbonyl (C=O) groups excluding carboxylic acids is 2. The Bertz CT molecular complexity index is 1660. The molecule has 1 N–H and O–H groups in total. The van der Waals surface area contributed by atoms with Crippen LogP contribution in [0.1, 0.15) is 120 Å². The molecule has 1 saturated carbocycles. The van der Waals surface area contributed by atoms with E-state index >= 15 is 0 Å². The summed E-state index contributed by atoms with van der Waals surface area (Å²) in [6.07, 6.45) is 4.28. The highest BCUT2D eigenvalue weighted by molar-refractivity contribution is 6.02. The molecule has 2 aromatic rings. The molecule has 2 atom stereocenters. The summed E-state index contributed by atoms with van der Waals surface area (Å²) in [5.74, 6) is -3.80. The number of fused-ring (bicyclic) bond motifs is 2. The van der Waals surface area contributed by atoms with Gasteiger partial charge in [0.2, 0.25) is 5.92 Å². The lowest BCUT2D eigenvalue weighted by molar-refractivity contribution is -0.0577. The Hall–Kier alpha value is -4.00. The number of piperidine rings is 2. The van der Waals surface area contributed by atoms with Crippen molar-refractivity contribution in [2.45, 2.75) is 101 Å². The summed E-state index contributed by atoms with van der Waals surface area (Å²) < 4.78 is 54.2. The maximum Gasteiger partial charge on any atom is 0.256 e. The first kappa shape index (κ1) is 33.9. The lowest BCUT2D eigenvalue weighted by Crippen LogP contribution is -2.50. The van der Waals surface area contributed by atoms with Crippen LogP contribution >= 0.6 is 0 Å². The maximum atomic E-state index is 13.8. The molecular formula is C36H40F4N6O2. The summed E-state index contributed by atoms with van der Waals surface area (Å²) in [5, 5.41) is 21.7. The van der Waals surface area contributed by atoms with Crippen molar-refractivity contribution in [3.63, 3.8) is 0 Å². The van der Waals surface area contributed by atoms with Crippen LogP contribution in [0.25, 0.3) is 0 Å². The summed E-state index contributed by atoms with van der Waals surface area (Å²) in [7, 11) is 0. The first-order chi connectivity index (χ1) is 22.9. The smallest absolute Gasteiger partial charge is 0.256 e. The number of benzene rings is 2. The van der Waals surface area contributed by atoms with Gasteiger partial charge in [-0.2, -0.15) is 10.5 Å². The molecule has 5 aliphatic rings. The number of alkyl halides is 2. The normalized spacial score (nSPS) is 24.8. The molecule has 0 radical (unpaired) electrons.